The Kier molecular flexibility index (Phi) is 7.97. The molecule has 0 spiro atoms. The molecule has 0 aliphatic carbocycles. The topological polar surface area (TPSA) is 97.4 Å². The lowest BCUT2D eigenvalue weighted by Crippen LogP contribution is -2.58. The third-order valence-corrected chi connectivity index (χ3v) is 3.30. The first-order valence-corrected chi connectivity index (χ1v) is 7.69. The van der Waals surface area contributed by atoms with Crippen LogP contribution in [0, 0.1) is 0 Å². The highest BCUT2D eigenvalue weighted by atomic mass is 16.7. The average Bonchev–Trinajstić information content (AvgIpc) is 2.56. The molecule has 8 heteroatoms. The largest absolute Gasteiger partial charge is 0.456 e. The summed E-state index contributed by atoms with van der Waals surface area (Å²) in [6.07, 6.45) is -3.31. The van der Waals surface area contributed by atoms with Crippen molar-refractivity contribution in [3.8, 4) is 0 Å². The molecule has 1 saturated heterocycles. The van der Waals surface area contributed by atoms with Crippen LogP contribution in [0.2, 0.25) is 0 Å². The lowest BCUT2D eigenvalue weighted by molar-refractivity contribution is -0.275. The molecule has 1 fully saturated rings. The maximum Gasteiger partial charge on any atom is 0.306 e. The molecular weight excluding hydrogens is 308 g/mol. The summed E-state index contributed by atoms with van der Waals surface area (Å²) in [5, 5.41) is 0. The highest BCUT2D eigenvalue weighted by molar-refractivity contribution is 5.71. The van der Waals surface area contributed by atoms with Crippen LogP contribution in [-0.2, 0) is 38.1 Å². The van der Waals surface area contributed by atoms with Crippen LogP contribution in [0.5, 0.6) is 0 Å². The van der Waals surface area contributed by atoms with Gasteiger partial charge in [0.05, 0.1) is 6.61 Å². The van der Waals surface area contributed by atoms with E-state index in [1.54, 1.807) is 20.8 Å². The Labute approximate surface area is 135 Å². The Morgan fingerprint density at radius 2 is 1.35 bits per heavy atom. The number of carbonyl (C=O) groups excluding carboxylic acids is 3. The van der Waals surface area contributed by atoms with E-state index in [1.807, 2.05) is 0 Å². The number of methoxy groups -OCH3 is 1. The van der Waals surface area contributed by atoms with Crippen LogP contribution in [0.3, 0.4) is 0 Å². The first-order valence-electron chi connectivity index (χ1n) is 7.69. The standard InChI is InChI=1S/C15H24O8/c1-5-10(16)21-9-8-20-15(19-4)14(23-12(18)7-3)13(9)22-11(17)6-2/h9,13-15H,5-8H2,1-4H3. The Balaban J connectivity index is 2.99. The van der Waals surface area contributed by atoms with Gasteiger partial charge < -0.3 is 23.7 Å². The van der Waals surface area contributed by atoms with Crippen molar-refractivity contribution in [2.75, 3.05) is 13.7 Å². The number of esters is 3. The quantitative estimate of drug-likeness (QED) is 0.502. The van der Waals surface area contributed by atoms with E-state index < -0.39 is 42.5 Å². The molecule has 0 radical (unpaired) electrons. The average molecular weight is 332 g/mol. The molecule has 4 atom stereocenters. The molecule has 0 aromatic carbocycles. The lowest BCUT2D eigenvalue weighted by Gasteiger charge is -2.40. The van der Waals surface area contributed by atoms with Gasteiger partial charge in [0.25, 0.3) is 0 Å². The molecule has 132 valence electrons. The molecule has 4 unspecified atom stereocenters. The summed E-state index contributed by atoms with van der Waals surface area (Å²) >= 11 is 0. The molecule has 1 aliphatic heterocycles. The normalized spacial score (nSPS) is 27.1. The van der Waals surface area contributed by atoms with E-state index in [9.17, 15) is 14.4 Å². The Morgan fingerprint density at radius 3 is 1.83 bits per heavy atom. The van der Waals surface area contributed by atoms with Crippen LogP contribution in [-0.4, -0.2) is 56.2 Å². The second-order valence-corrected chi connectivity index (χ2v) is 4.94. The Bertz CT molecular complexity index is 422. The molecule has 1 aliphatic rings. The predicted molar refractivity (Wildman–Crippen MR) is 77.3 cm³/mol. The van der Waals surface area contributed by atoms with Gasteiger partial charge in [-0.05, 0) is 0 Å². The minimum absolute atomic E-state index is 0.0217. The highest BCUT2D eigenvalue weighted by Gasteiger charge is 2.47. The molecule has 0 N–H and O–H groups in total. The summed E-state index contributed by atoms with van der Waals surface area (Å²) in [6.45, 7) is 4.89. The Morgan fingerprint density at radius 1 is 0.870 bits per heavy atom. The van der Waals surface area contributed by atoms with Crippen molar-refractivity contribution in [3.63, 3.8) is 0 Å². The van der Waals surface area contributed by atoms with Gasteiger partial charge in [0.15, 0.2) is 24.6 Å². The summed E-state index contributed by atoms with van der Waals surface area (Å²) in [7, 11) is 1.38. The zero-order valence-electron chi connectivity index (χ0n) is 13.9. The van der Waals surface area contributed by atoms with Crippen molar-refractivity contribution >= 4 is 17.9 Å². The van der Waals surface area contributed by atoms with Gasteiger partial charge in [0.1, 0.15) is 0 Å². The van der Waals surface area contributed by atoms with Crippen LogP contribution in [0.4, 0.5) is 0 Å². The molecular formula is C15H24O8. The van der Waals surface area contributed by atoms with Crippen LogP contribution < -0.4 is 0 Å². The van der Waals surface area contributed by atoms with E-state index in [4.69, 9.17) is 23.7 Å². The summed E-state index contributed by atoms with van der Waals surface area (Å²) < 4.78 is 26.4. The monoisotopic (exact) mass is 332 g/mol. The summed E-state index contributed by atoms with van der Waals surface area (Å²) in [5.74, 6) is -1.46. The zero-order chi connectivity index (χ0) is 17.4. The van der Waals surface area contributed by atoms with Crippen LogP contribution in [0.15, 0.2) is 0 Å². The number of ether oxygens (including phenoxy) is 5. The molecule has 1 rings (SSSR count). The minimum Gasteiger partial charge on any atom is -0.456 e. The van der Waals surface area contributed by atoms with Gasteiger partial charge in [-0.2, -0.15) is 0 Å². The maximum absolute atomic E-state index is 11.7. The zero-order valence-corrected chi connectivity index (χ0v) is 13.9. The molecule has 0 saturated carbocycles. The fraction of sp³-hybridized carbons (Fsp3) is 0.800. The second-order valence-electron chi connectivity index (χ2n) is 4.94. The van der Waals surface area contributed by atoms with Gasteiger partial charge in [0.2, 0.25) is 0 Å². The third-order valence-electron chi connectivity index (χ3n) is 3.30. The van der Waals surface area contributed by atoms with Crippen LogP contribution in [0.25, 0.3) is 0 Å². The van der Waals surface area contributed by atoms with Gasteiger partial charge in [0, 0.05) is 26.4 Å². The van der Waals surface area contributed by atoms with Crippen molar-refractivity contribution in [2.45, 2.75) is 64.6 Å². The van der Waals surface area contributed by atoms with Crippen molar-refractivity contribution in [2.24, 2.45) is 0 Å². The van der Waals surface area contributed by atoms with E-state index in [1.165, 1.54) is 7.11 Å². The van der Waals surface area contributed by atoms with E-state index >= 15 is 0 Å². The van der Waals surface area contributed by atoms with Crippen LogP contribution in [0.1, 0.15) is 40.0 Å². The van der Waals surface area contributed by atoms with Gasteiger partial charge in [-0.25, -0.2) is 0 Å². The number of hydrogen-bond acceptors (Lipinski definition) is 8. The van der Waals surface area contributed by atoms with Crippen molar-refractivity contribution in [1.82, 2.24) is 0 Å². The van der Waals surface area contributed by atoms with Gasteiger partial charge in [-0.3, -0.25) is 14.4 Å². The lowest BCUT2D eigenvalue weighted by atomic mass is 10.0. The first-order chi connectivity index (χ1) is 11.0. The van der Waals surface area contributed by atoms with Crippen molar-refractivity contribution in [3.05, 3.63) is 0 Å². The number of carbonyl (C=O) groups is 3. The SMILES string of the molecule is CCC(=O)OC1COC(OC)C(OC(=O)CC)C1OC(=O)CC. The number of hydrogen-bond donors (Lipinski definition) is 0. The summed E-state index contributed by atoms with van der Waals surface area (Å²) in [5.41, 5.74) is 0. The maximum atomic E-state index is 11.7. The third kappa shape index (κ3) is 5.47. The van der Waals surface area contributed by atoms with Crippen molar-refractivity contribution < 1.29 is 38.1 Å². The molecule has 8 nitrogen and oxygen atoms in total. The van der Waals surface area contributed by atoms with E-state index in [0.29, 0.717) is 0 Å². The minimum atomic E-state index is -1.01. The Hall–Kier alpha value is -1.67. The fourth-order valence-corrected chi connectivity index (χ4v) is 2.04. The molecule has 23 heavy (non-hydrogen) atoms. The van der Waals surface area contributed by atoms with Crippen molar-refractivity contribution in [1.29, 1.82) is 0 Å². The van der Waals surface area contributed by atoms with E-state index in [0.717, 1.165) is 0 Å². The van der Waals surface area contributed by atoms with Gasteiger partial charge in [-0.15, -0.1) is 0 Å². The fourth-order valence-electron chi connectivity index (χ4n) is 2.04. The molecule has 0 amide bonds. The second kappa shape index (κ2) is 9.46. The summed E-state index contributed by atoms with van der Waals surface area (Å²) in [4.78, 5) is 34.9. The smallest absolute Gasteiger partial charge is 0.306 e. The van der Waals surface area contributed by atoms with Crippen LogP contribution >= 0.6 is 0 Å². The van der Waals surface area contributed by atoms with Gasteiger partial charge in [-0.1, -0.05) is 20.8 Å². The molecule has 0 bridgehead atoms. The molecule has 0 aromatic rings. The van der Waals surface area contributed by atoms with E-state index in [2.05, 4.69) is 0 Å². The summed E-state index contributed by atoms with van der Waals surface area (Å²) in [6, 6.07) is 0. The van der Waals surface area contributed by atoms with Gasteiger partial charge >= 0.3 is 17.9 Å². The number of rotatable bonds is 7. The van der Waals surface area contributed by atoms with E-state index in [-0.39, 0.29) is 25.9 Å². The molecule has 1 heterocycles. The highest BCUT2D eigenvalue weighted by Crippen LogP contribution is 2.25. The molecule has 0 aromatic heterocycles. The first kappa shape index (κ1) is 19.4. The predicted octanol–water partition coefficient (Wildman–Crippen LogP) is 0.954.